The number of esters is 1. The Morgan fingerprint density at radius 1 is 1.27 bits per heavy atom. The summed E-state index contributed by atoms with van der Waals surface area (Å²) in [5.41, 5.74) is 2.61. The van der Waals surface area contributed by atoms with Gasteiger partial charge in [-0.25, -0.2) is 4.79 Å². The Balaban J connectivity index is 2.24. The average molecular weight is 355 g/mol. The molecule has 0 aliphatic rings. The number of hydrogen-bond donors (Lipinski definition) is 2. The molecule has 2 aromatic rings. The van der Waals surface area contributed by atoms with Crippen molar-refractivity contribution in [1.82, 2.24) is 4.98 Å². The summed E-state index contributed by atoms with van der Waals surface area (Å²) < 4.78 is 10.0. The van der Waals surface area contributed by atoms with Gasteiger partial charge in [0, 0.05) is 11.4 Å². The molecule has 0 saturated carbocycles. The van der Waals surface area contributed by atoms with Gasteiger partial charge in [-0.1, -0.05) is 13.3 Å². The molecule has 0 bridgehead atoms. The van der Waals surface area contributed by atoms with Crippen molar-refractivity contribution in [1.29, 1.82) is 5.26 Å². The van der Waals surface area contributed by atoms with Crippen LogP contribution in [0.3, 0.4) is 0 Å². The molecule has 7 heteroatoms. The Hall–Kier alpha value is -3.27. The second-order valence-electron chi connectivity index (χ2n) is 5.65. The van der Waals surface area contributed by atoms with E-state index in [1.165, 1.54) is 7.11 Å². The highest BCUT2D eigenvalue weighted by molar-refractivity contribution is 6.07. The number of aromatic amines is 1. The highest BCUT2D eigenvalue weighted by atomic mass is 16.5. The molecule has 0 fully saturated rings. The first-order chi connectivity index (χ1) is 12.5. The van der Waals surface area contributed by atoms with Crippen LogP contribution in [0, 0.1) is 18.3 Å². The van der Waals surface area contributed by atoms with Crippen molar-refractivity contribution in [2.45, 2.75) is 26.7 Å². The lowest BCUT2D eigenvalue weighted by atomic mass is 10.0. The van der Waals surface area contributed by atoms with Crippen LogP contribution in [-0.4, -0.2) is 30.6 Å². The molecule has 1 amide bonds. The van der Waals surface area contributed by atoms with Gasteiger partial charge in [-0.05, 0) is 43.2 Å². The van der Waals surface area contributed by atoms with Crippen molar-refractivity contribution in [2.75, 3.05) is 19.0 Å². The van der Waals surface area contributed by atoms with E-state index in [-0.39, 0.29) is 12.5 Å². The molecule has 7 nitrogen and oxygen atoms in total. The topological polar surface area (TPSA) is 104 Å². The molecule has 0 aliphatic heterocycles. The van der Waals surface area contributed by atoms with Crippen LogP contribution in [0.25, 0.3) is 0 Å². The summed E-state index contributed by atoms with van der Waals surface area (Å²) in [6.45, 7) is 3.68. The standard InChI is InChI=1S/C19H21N3O4/c1-4-5-15-16(19(24)25-3)12(2)21-17(15)18(23)22-13-6-8-14(9-7-13)26-11-10-20/h6-9,21H,4-5,11H2,1-3H3,(H,22,23). The number of hydrogen-bond acceptors (Lipinski definition) is 5. The highest BCUT2D eigenvalue weighted by Crippen LogP contribution is 2.23. The monoisotopic (exact) mass is 355 g/mol. The van der Waals surface area contributed by atoms with Crippen LogP contribution in [0.2, 0.25) is 0 Å². The third-order valence-corrected chi connectivity index (χ3v) is 3.82. The van der Waals surface area contributed by atoms with Crippen molar-refractivity contribution in [2.24, 2.45) is 0 Å². The minimum absolute atomic E-state index is 0.0376. The number of carbonyl (C=O) groups is 2. The number of benzene rings is 1. The first-order valence-electron chi connectivity index (χ1n) is 8.22. The summed E-state index contributed by atoms with van der Waals surface area (Å²) in [5.74, 6) is -0.252. The number of ether oxygens (including phenoxy) is 2. The van der Waals surface area contributed by atoms with E-state index in [1.807, 2.05) is 13.0 Å². The fourth-order valence-corrected chi connectivity index (χ4v) is 2.69. The first kappa shape index (κ1) is 19.1. The molecule has 1 heterocycles. The van der Waals surface area contributed by atoms with E-state index in [0.717, 1.165) is 6.42 Å². The number of rotatable bonds is 7. The third kappa shape index (κ3) is 4.22. The van der Waals surface area contributed by atoms with Gasteiger partial charge in [0.15, 0.2) is 6.61 Å². The molecule has 2 rings (SSSR count). The number of nitrogens with one attached hydrogen (secondary N) is 2. The van der Waals surface area contributed by atoms with Crippen LogP contribution in [-0.2, 0) is 11.2 Å². The van der Waals surface area contributed by atoms with E-state index < -0.39 is 5.97 Å². The van der Waals surface area contributed by atoms with Gasteiger partial charge in [-0.2, -0.15) is 5.26 Å². The molecule has 0 radical (unpaired) electrons. The predicted molar refractivity (Wildman–Crippen MR) is 96.4 cm³/mol. The lowest BCUT2D eigenvalue weighted by Crippen LogP contribution is -2.15. The molecule has 2 N–H and O–H groups in total. The van der Waals surface area contributed by atoms with E-state index in [2.05, 4.69) is 10.3 Å². The van der Waals surface area contributed by atoms with E-state index in [4.69, 9.17) is 14.7 Å². The van der Waals surface area contributed by atoms with Gasteiger partial charge in [0.1, 0.15) is 17.5 Å². The molecule has 0 aliphatic carbocycles. The van der Waals surface area contributed by atoms with Gasteiger partial charge in [-0.15, -0.1) is 0 Å². The molecule has 0 atom stereocenters. The normalized spacial score (nSPS) is 10.1. The molecule has 0 spiro atoms. The Kier molecular flexibility index (Phi) is 6.39. The van der Waals surface area contributed by atoms with Gasteiger partial charge in [0.2, 0.25) is 0 Å². The van der Waals surface area contributed by atoms with Crippen LogP contribution >= 0.6 is 0 Å². The predicted octanol–water partition coefficient (Wildman–Crippen LogP) is 3.22. The fourth-order valence-electron chi connectivity index (χ4n) is 2.69. The zero-order valence-corrected chi connectivity index (χ0v) is 15.0. The summed E-state index contributed by atoms with van der Waals surface area (Å²) in [6, 6.07) is 8.59. The summed E-state index contributed by atoms with van der Waals surface area (Å²) in [4.78, 5) is 27.7. The van der Waals surface area contributed by atoms with Crippen LogP contribution in [0.4, 0.5) is 5.69 Å². The fraction of sp³-hybridized carbons (Fsp3) is 0.316. The van der Waals surface area contributed by atoms with Gasteiger partial charge < -0.3 is 19.8 Å². The Morgan fingerprint density at radius 2 is 1.96 bits per heavy atom. The zero-order valence-electron chi connectivity index (χ0n) is 15.0. The largest absolute Gasteiger partial charge is 0.479 e. The van der Waals surface area contributed by atoms with E-state index in [1.54, 1.807) is 31.2 Å². The van der Waals surface area contributed by atoms with Gasteiger partial charge in [-0.3, -0.25) is 4.79 Å². The first-order valence-corrected chi connectivity index (χ1v) is 8.22. The number of amides is 1. The lowest BCUT2D eigenvalue weighted by Gasteiger charge is -2.08. The molecule has 26 heavy (non-hydrogen) atoms. The number of nitrogens with zero attached hydrogens (tertiary/aromatic N) is 1. The highest BCUT2D eigenvalue weighted by Gasteiger charge is 2.24. The van der Waals surface area contributed by atoms with Crippen LogP contribution in [0.15, 0.2) is 24.3 Å². The second kappa shape index (κ2) is 8.72. The maximum Gasteiger partial charge on any atom is 0.339 e. The van der Waals surface area contributed by atoms with Crippen molar-refractivity contribution in [3.05, 3.63) is 46.8 Å². The minimum Gasteiger partial charge on any atom is -0.479 e. The summed E-state index contributed by atoms with van der Waals surface area (Å²) >= 11 is 0. The van der Waals surface area contributed by atoms with Gasteiger partial charge in [0.25, 0.3) is 5.91 Å². The van der Waals surface area contributed by atoms with Crippen molar-refractivity contribution in [3.8, 4) is 11.8 Å². The quantitative estimate of drug-likeness (QED) is 0.742. The van der Waals surface area contributed by atoms with Crippen LogP contribution in [0.1, 0.15) is 45.4 Å². The number of anilines is 1. The van der Waals surface area contributed by atoms with Crippen LogP contribution < -0.4 is 10.1 Å². The molecule has 1 aromatic carbocycles. The smallest absolute Gasteiger partial charge is 0.339 e. The van der Waals surface area contributed by atoms with E-state index in [9.17, 15) is 9.59 Å². The van der Waals surface area contributed by atoms with Crippen molar-refractivity contribution in [3.63, 3.8) is 0 Å². The number of nitriles is 1. The van der Waals surface area contributed by atoms with Crippen LogP contribution in [0.5, 0.6) is 5.75 Å². The number of H-pyrrole nitrogens is 1. The summed E-state index contributed by atoms with van der Waals surface area (Å²) in [5, 5.41) is 11.3. The molecular weight excluding hydrogens is 334 g/mol. The summed E-state index contributed by atoms with van der Waals surface area (Å²) in [6.07, 6.45) is 1.37. The third-order valence-electron chi connectivity index (χ3n) is 3.82. The Bertz CT molecular complexity index is 832. The van der Waals surface area contributed by atoms with Gasteiger partial charge >= 0.3 is 5.97 Å². The average Bonchev–Trinajstić information content (AvgIpc) is 2.97. The molecular formula is C19H21N3O4. The van der Waals surface area contributed by atoms with Crippen molar-refractivity contribution < 1.29 is 19.1 Å². The summed E-state index contributed by atoms with van der Waals surface area (Å²) in [7, 11) is 1.32. The number of methoxy groups -OCH3 is 1. The number of carbonyl (C=O) groups excluding carboxylic acids is 2. The SMILES string of the molecule is CCCc1c(C(=O)Nc2ccc(OCC#N)cc2)[nH]c(C)c1C(=O)OC. The second-order valence-corrected chi connectivity index (χ2v) is 5.65. The lowest BCUT2D eigenvalue weighted by molar-refractivity contribution is 0.0599. The molecule has 0 unspecified atom stereocenters. The minimum atomic E-state index is -0.458. The molecule has 1 aromatic heterocycles. The Morgan fingerprint density at radius 3 is 2.54 bits per heavy atom. The number of aromatic nitrogens is 1. The van der Waals surface area contributed by atoms with Gasteiger partial charge in [0.05, 0.1) is 12.7 Å². The Labute approximate surface area is 151 Å². The van der Waals surface area contributed by atoms with Crippen molar-refractivity contribution >= 4 is 17.6 Å². The molecule has 136 valence electrons. The number of aryl methyl sites for hydroxylation is 1. The zero-order chi connectivity index (χ0) is 19.1. The maximum atomic E-state index is 12.7. The molecule has 0 saturated heterocycles. The van der Waals surface area contributed by atoms with E-state index >= 15 is 0 Å². The van der Waals surface area contributed by atoms with E-state index in [0.29, 0.717) is 40.4 Å². The maximum absolute atomic E-state index is 12.7.